The van der Waals surface area contributed by atoms with Gasteiger partial charge in [-0.3, -0.25) is 0 Å². The lowest BCUT2D eigenvalue weighted by atomic mass is 9.79. The first kappa shape index (κ1) is 22.7. The molecule has 1 aliphatic carbocycles. The lowest BCUT2D eigenvalue weighted by molar-refractivity contribution is -0.200. The molecule has 9 heteroatoms. The van der Waals surface area contributed by atoms with Crippen molar-refractivity contribution in [3.05, 3.63) is 29.8 Å². The number of carbonyl (C=O) groups is 2. The molecule has 29 heavy (non-hydrogen) atoms. The van der Waals surface area contributed by atoms with E-state index in [2.05, 4.69) is 0 Å². The van der Waals surface area contributed by atoms with Gasteiger partial charge in [0.1, 0.15) is 12.2 Å². The Morgan fingerprint density at radius 1 is 1.21 bits per heavy atom. The summed E-state index contributed by atoms with van der Waals surface area (Å²) in [6, 6.07) is 3.92. The number of rotatable bonds is 7. The number of phenolic OH excluding ortho intramolecular Hbond substituents is 2. The Bertz CT molecular complexity index is 760. The number of carbonyl (C=O) groups excluding carboxylic acids is 2. The number of hydrogen-bond acceptors (Lipinski definition) is 9. The fraction of sp³-hybridized carbons (Fsp3) is 0.500. The van der Waals surface area contributed by atoms with Crippen LogP contribution < -0.4 is 0 Å². The van der Waals surface area contributed by atoms with Gasteiger partial charge in [0, 0.05) is 18.9 Å². The van der Waals surface area contributed by atoms with Gasteiger partial charge in [-0.1, -0.05) is 19.4 Å². The van der Waals surface area contributed by atoms with Crippen LogP contribution in [-0.2, 0) is 19.1 Å². The van der Waals surface area contributed by atoms with Crippen molar-refractivity contribution in [3.8, 4) is 11.5 Å². The van der Waals surface area contributed by atoms with Crippen molar-refractivity contribution in [2.75, 3.05) is 6.61 Å². The highest BCUT2D eigenvalue weighted by Crippen LogP contribution is 2.32. The summed E-state index contributed by atoms with van der Waals surface area (Å²) < 4.78 is 10.1. The van der Waals surface area contributed by atoms with Crippen LogP contribution in [0, 0.1) is 0 Å². The Morgan fingerprint density at radius 3 is 2.59 bits per heavy atom. The van der Waals surface area contributed by atoms with E-state index in [1.54, 1.807) is 0 Å². The topological polar surface area (TPSA) is 154 Å². The van der Waals surface area contributed by atoms with E-state index in [1.165, 1.54) is 24.3 Å². The number of unbranched alkanes of at least 4 members (excludes halogenated alkanes) is 1. The molecule has 1 aliphatic rings. The van der Waals surface area contributed by atoms with Crippen LogP contribution in [0.1, 0.15) is 38.2 Å². The standard InChI is InChI=1S/C20H26O9/c1-2-3-8-28-19(26)20(27)10-15(23)18(25)16(11-20)29-17(24)7-5-12-4-6-13(21)14(22)9-12/h4-7,9,15-16,18,21-23,25,27H,2-3,8,10-11H2,1H3/t15-,16-,18-,20+/m1/s1. The van der Waals surface area contributed by atoms with Gasteiger partial charge in [-0.2, -0.15) is 0 Å². The van der Waals surface area contributed by atoms with Crippen molar-refractivity contribution < 1.29 is 44.6 Å². The fourth-order valence-corrected chi connectivity index (χ4v) is 2.97. The molecule has 0 radical (unpaired) electrons. The number of phenols is 2. The van der Waals surface area contributed by atoms with E-state index < -0.39 is 48.7 Å². The summed E-state index contributed by atoms with van der Waals surface area (Å²) in [7, 11) is 0. The Morgan fingerprint density at radius 2 is 1.93 bits per heavy atom. The second kappa shape index (κ2) is 9.73. The van der Waals surface area contributed by atoms with Crippen LogP contribution in [0.2, 0.25) is 0 Å². The number of hydrogen-bond donors (Lipinski definition) is 5. The molecule has 1 aromatic rings. The third-order valence-electron chi connectivity index (χ3n) is 4.65. The van der Waals surface area contributed by atoms with Crippen molar-refractivity contribution in [2.24, 2.45) is 0 Å². The van der Waals surface area contributed by atoms with Crippen molar-refractivity contribution >= 4 is 18.0 Å². The Labute approximate surface area is 167 Å². The number of ether oxygens (including phenoxy) is 2. The molecule has 0 unspecified atom stereocenters. The van der Waals surface area contributed by atoms with E-state index >= 15 is 0 Å². The van der Waals surface area contributed by atoms with Crippen LogP contribution in [0.25, 0.3) is 6.08 Å². The summed E-state index contributed by atoms with van der Waals surface area (Å²) in [5.74, 6) is -2.50. The largest absolute Gasteiger partial charge is 0.504 e. The molecule has 0 aromatic heterocycles. The molecule has 0 saturated heterocycles. The van der Waals surface area contributed by atoms with Gasteiger partial charge in [0.2, 0.25) is 0 Å². The maximum atomic E-state index is 12.2. The van der Waals surface area contributed by atoms with Gasteiger partial charge in [0.25, 0.3) is 0 Å². The zero-order valence-corrected chi connectivity index (χ0v) is 16.0. The van der Waals surface area contributed by atoms with Crippen LogP contribution >= 0.6 is 0 Å². The molecule has 1 aromatic carbocycles. The second-order valence-corrected chi connectivity index (χ2v) is 7.04. The van der Waals surface area contributed by atoms with Crippen LogP contribution in [0.15, 0.2) is 24.3 Å². The molecule has 1 fully saturated rings. The van der Waals surface area contributed by atoms with Crippen LogP contribution in [0.5, 0.6) is 11.5 Å². The Balaban J connectivity index is 2.03. The first-order valence-corrected chi connectivity index (χ1v) is 9.32. The lowest BCUT2D eigenvalue weighted by Gasteiger charge is -2.39. The number of aliphatic hydroxyl groups is 3. The molecular weight excluding hydrogens is 384 g/mol. The molecule has 0 spiro atoms. The molecule has 1 saturated carbocycles. The number of aromatic hydroxyl groups is 2. The third-order valence-corrected chi connectivity index (χ3v) is 4.65. The van der Waals surface area contributed by atoms with E-state index in [0.29, 0.717) is 12.0 Å². The highest BCUT2D eigenvalue weighted by atomic mass is 16.6. The van der Waals surface area contributed by atoms with Gasteiger partial charge in [0.05, 0.1) is 12.7 Å². The van der Waals surface area contributed by atoms with Crippen molar-refractivity contribution in [2.45, 2.75) is 56.5 Å². The predicted molar refractivity (Wildman–Crippen MR) is 101 cm³/mol. The molecule has 9 nitrogen and oxygen atoms in total. The van der Waals surface area contributed by atoms with E-state index in [9.17, 15) is 35.1 Å². The molecular formula is C20H26O9. The summed E-state index contributed by atoms with van der Waals surface area (Å²) in [5.41, 5.74) is -1.68. The third kappa shape index (κ3) is 5.93. The summed E-state index contributed by atoms with van der Waals surface area (Å²) in [6.45, 7) is 2.02. The van der Waals surface area contributed by atoms with Gasteiger partial charge in [-0.05, 0) is 30.2 Å². The molecule has 4 atom stereocenters. The highest BCUT2D eigenvalue weighted by Gasteiger charge is 2.51. The van der Waals surface area contributed by atoms with Crippen molar-refractivity contribution in [1.29, 1.82) is 0 Å². The quantitative estimate of drug-likeness (QED) is 0.188. The number of benzene rings is 1. The Hall–Kier alpha value is -2.62. The molecule has 0 aliphatic heterocycles. The van der Waals surface area contributed by atoms with Crippen molar-refractivity contribution in [3.63, 3.8) is 0 Å². The lowest BCUT2D eigenvalue weighted by Crippen LogP contribution is -2.57. The van der Waals surface area contributed by atoms with Gasteiger partial charge in [0.15, 0.2) is 17.1 Å². The average molecular weight is 410 g/mol. The first-order chi connectivity index (χ1) is 13.7. The summed E-state index contributed by atoms with van der Waals surface area (Å²) >= 11 is 0. The summed E-state index contributed by atoms with van der Waals surface area (Å²) in [6.07, 6.45) is -1.42. The molecule has 160 valence electrons. The normalized spacial score (nSPS) is 27.0. The van der Waals surface area contributed by atoms with E-state index in [1.807, 2.05) is 6.92 Å². The smallest absolute Gasteiger partial charge is 0.338 e. The number of aliphatic hydroxyl groups excluding tert-OH is 2. The summed E-state index contributed by atoms with van der Waals surface area (Å²) in [4.78, 5) is 24.3. The number of esters is 2. The van der Waals surface area contributed by atoms with Crippen LogP contribution in [0.3, 0.4) is 0 Å². The molecule has 0 bridgehead atoms. The van der Waals surface area contributed by atoms with Crippen LogP contribution in [-0.4, -0.2) is 68.0 Å². The maximum Gasteiger partial charge on any atom is 0.338 e. The monoisotopic (exact) mass is 410 g/mol. The Kier molecular flexibility index (Phi) is 7.60. The molecule has 0 amide bonds. The minimum atomic E-state index is -2.08. The van der Waals surface area contributed by atoms with Gasteiger partial charge >= 0.3 is 11.9 Å². The van der Waals surface area contributed by atoms with Gasteiger partial charge < -0.3 is 35.0 Å². The maximum absolute atomic E-state index is 12.2. The van der Waals surface area contributed by atoms with E-state index in [4.69, 9.17) is 9.47 Å². The van der Waals surface area contributed by atoms with Crippen molar-refractivity contribution in [1.82, 2.24) is 0 Å². The average Bonchev–Trinajstić information content (AvgIpc) is 2.67. The van der Waals surface area contributed by atoms with Crippen LogP contribution in [0.4, 0.5) is 0 Å². The van der Waals surface area contributed by atoms with Gasteiger partial charge in [-0.15, -0.1) is 0 Å². The molecule has 5 N–H and O–H groups in total. The highest BCUT2D eigenvalue weighted by molar-refractivity contribution is 5.87. The SMILES string of the molecule is CCCCOC(=O)[C@]1(O)C[C@@H](O)[C@@H](O)[C@H](OC(=O)C=Cc2ccc(O)c(O)c2)C1. The fourth-order valence-electron chi connectivity index (χ4n) is 2.97. The zero-order valence-electron chi connectivity index (χ0n) is 16.0. The van der Waals surface area contributed by atoms with E-state index in [-0.39, 0.29) is 18.1 Å². The second-order valence-electron chi connectivity index (χ2n) is 7.04. The minimum Gasteiger partial charge on any atom is -0.504 e. The first-order valence-electron chi connectivity index (χ1n) is 9.32. The predicted octanol–water partition coefficient (Wildman–Crippen LogP) is 0.613. The molecule has 0 heterocycles. The van der Waals surface area contributed by atoms with Gasteiger partial charge in [-0.25, -0.2) is 9.59 Å². The summed E-state index contributed by atoms with van der Waals surface area (Å²) in [5, 5.41) is 49.4. The zero-order chi connectivity index (χ0) is 21.6. The van der Waals surface area contributed by atoms with E-state index in [0.717, 1.165) is 12.5 Å². The molecule has 2 rings (SSSR count). The minimum absolute atomic E-state index is 0.114.